The molecule has 0 radical (unpaired) electrons. The maximum Gasteiger partial charge on any atom is 0.402 e. The van der Waals surface area contributed by atoms with Crippen molar-refractivity contribution in [3.8, 4) is 0 Å². The number of hydrogen-bond donors (Lipinski definition) is 0. The van der Waals surface area contributed by atoms with E-state index in [2.05, 4.69) is 0 Å². The summed E-state index contributed by atoms with van der Waals surface area (Å²) < 4.78 is 89.2. The minimum atomic E-state index is -5.23. The first-order valence-corrected chi connectivity index (χ1v) is 13.7. The smallest absolute Gasteiger partial charge is 0.398 e. The first kappa shape index (κ1) is 24.4. The fourth-order valence-corrected chi connectivity index (χ4v) is 7.10. The third-order valence-electron chi connectivity index (χ3n) is 8.78. The number of alkyl halides is 6. The van der Waals surface area contributed by atoms with Gasteiger partial charge in [-0.15, -0.1) is 0 Å². The van der Waals surface area contributed by atoms with E-state index in [1.807, 2.05) is 13.1 Å². The molecule has 30 heavy (non-hydrogen) atoms. The average molecular weight is 461 g/mol. The predicted molar refractivity (Wildman–Crippen MR) is 104 cm³/mol. The second kappa shape index (κ2) is 7.94. The summed E-state index contributed by atoms with van der Waals surface area (Å²) in [5.41, 5.74) is -3.57. The van der Waals surface area contributed by atoms with Crippen molar-refractivity contribution in [2.45, 2.75) is 70.9 Å². The lowest BCUT2D eigenvalue weighted by molar-refractivity contribution is -0.340. The van der Waals surface area contributed by atoms with Crippen LogP contribution in [-0.4, -0.2) is 35.1 Å². The quantitative estimate of drug-likeness (QED) is 0.261. The fraction of sp³-hybridized carbons (Fsp3) is 1.00. The molecule has 4 aliphatic carbocycles. The van der Waals surface area contributed by atoms with E-state index < -0.39 is 38.7 Å². The molecule has 4 fully saturated rings. The van der Waals surface area contributed by atoms with Gasteiger partial charge in [0.2, 0.25) is 0 Å². The van der Waals surface area contributed by atoms with Crippen molar-refractivity contribution < 1.29 is 35.2 Å². The normalized spacial score (nSPS) is 37.9. The summed E-state index contributed by atoms with van der Waals surface area (Å²) in [6, 6.07) is 0. The minimum Gasteiger partial charge on any atom is -0.398 e. The molecule has 0 saturated heterocycles. The van der Waals surface area contributed by atoms with Crippen LogP contribution in [0.25, 0.3) is 0 Å². The zero-order valence-electron chi connectivity index (χ0n) is 18.4. The van der Waals surface area contributed by atoms with Gasteiger partial charge >= 0.3 is 20.9 Å². The molecule has 0 aromatic heterocycles. The minimum absolute atomic E-state index is 0.101. The first-order valence-electron chi connectivity index (χ1n) is 10.9. The van der Waals surface area contributed by atoms with E-state index in [0.29, 0.717) is 42.9 Å². The molecular formula is C21H34F6O2Si. The molecule has 0 aromatic carbocycles. The summed E-state index contributed by atoms with van der Waals surface area (Å²) >= 11 is 0. The summed E-state index contributed by atoms with van der Waals surface area (Å²) in [6.45, 7) is 4.34. The summed E-state index contributed by atoms with van der Waals surface area (Å²) in [7, 11) is 1.70. The number of hydrogen-bond acceptors (Lipinski definition) is 2. The van der Waals surface area contributed by atoms with Crippen molar-refractivity contribution in [1.29, 1.82) is 0 Å². The molecular weight excluding hydrogens is 426 g/mol. The van der Waals surface area contributed by atoms with Crippen molar-refractivity contribution >= 4 is 8.56 Å². The van der Waals surface area contributed by atoms with Crippen molar-refractivity contribution in [3.63, 3.8) is 0 Å². The lowest BCUT2D eigenvalue weighted by atomic mass is 9.64. The Hall–Kier alpha value is -0.283. The van der Waals surface area contributed by atoms with E-state index >= 15 is 0 Å². The zero-order valence-corrected chi connectivity index (χ0v) is 19.4. The molecule has 2 nitrogen and oxygen atoms in total. The Balaban J connectivity index is 0.000000318. The number of halogens is 6. The second-order valence-electron chi connectivity index (χ2n) is 10.5. The van der Waals surface area contributed by atoms with Crippen LogP contribution in [0.4, 0.5) is 26.3 Å². The van der Waals surface area contributed by atoms with Crippen LogP contribution in [0.15, 0.2) is 0 Å². The number of fused-ring (bicyclic) bond motifs is 9. The summed E-state index contributed by atoms with van der Waals surface area (Å²) in [5, 5.41) is 0. The van der Waals surface area contributed by atoms with Crippen molar-refractivity contribution in [1.82, 2.24) is 0 Å². The molecule has 0 spiro atoms. The largest absolute Gasteiger partial charge is 0.402 e. The molecule has 0 aromatic rings. The highest BCUT2D eigenvalue weighted by molar-refractivity contribution is 6.64. The maximum absolute atomic E-state index is 13.2. The highest BCUT2D eigenvalue weighted by Gasteiger charge is 2.70. The van der Waals surface area contributed by atoms with Crippen LogP contribution in [0.3, 0.4) is 0 Å². The van der Waals surface area contributed by atoms with E-state index in [1.165, 1.54) is 12.8 Å². The van der Waals surface area contributed by atoms with Crippen LogP contribution < -0.4 is 0 Å². The van der Waals surface area contributed by atoms with Gasteiger partial charge in [0.1, 0.15) is 0 Å². The van der Waals surface area contributed by atoms with E-state index in [-0.39, 0.29) is 5.92 Å². The van der Waals surface area contributed by atoms with E-state index in [4.69, 9.17) is 8.85 Å². The van der Waals surface area contributed by atoms with Crippen molar-refractivity contribution in [2.75, 3.05) is 14.2 Å². The molecule has 0 heterocycles. The predicted octanol–water partition coefficient (Wildman–Crippen LogP) is 6.81. The average Bonchev–Trinajstić information content (AvgIpc) is 3.39. The topological polar surface area (TPSA) is 18.5 Å². The van der Waals surface area contributed by atoms with Gasteiger partial charge in [-0.1, -0.05) is 0 Å². The van der Waals surface area contributed by atoms with Gasteiger partial charge in [-0.3, -0.25) is 0 Å². The second-order valence-corrected chi connectivity index (χ2v) is 14.1. The van der Waals surface area contributed by atoms with Crippen molar-refractivity contribution in [2.24, 2.45) is 46.8 Å². The van der Waals surface area contributed by atoms with E-state index in [1.54, 1.807) is 14.2 Å². The highest BCUT2D eigenvalue weighted by Crippen LogP contribution is 2.70. The Morgan fingerprint density at radius 1 is 0.767 bits per heavy atom. The zero-order chi connectivity index (χ0) is 22.7. The van der Waals surface area contributed by atoms with Gasteiger partial charge in [-0.05, 0) is 100.0 Å². The molecule has 0 amide bonds. The molecule has 9 heteroatoms. The molecule has 176 valence electrons. The highest BCUT2D eigenvalue weighted by atomic mass is 28.4. The van der Waals surface area contributed by atoms with Gasteiger partial charge in [0.05, 0.1) is 0 Å². The standard InChI is InChI=1S/C17H22F6.C4H12O2Si/c1-15(16(18,19)20,17(21,22)23)7-11-5-10-6-12(11)14-9-3-2-8(4-9)13(10)14;1-5-7(3,4)6-2/h8-14H,2-7H2,1H3;1-4H3. The van der Waals surface area contributed by atoms with E-state index in [9.17, 15) is 26.3 Å². The summed E-state index contributed by atoms with van der Waals surface area (Å²) in [5.74, 6) is 2.39. The molecule has 7 atom stereocenters. The fourth-order valence-electron chi connectivity index (χ4n) is 6.94. The van der Waals surface area contributed by atoms with Crippen LogP contribution in [0.1, 0.15) is 45.4 Å². The Bertz CT molecular complexity index is 600. The van der Waals surface area contributed by atoms with Gasteiger partial charge in [0.15, 0.2) is 5.41 Å². The van der Waals surface area contributed by atoms with Gasteiger partial charge in [0, 0.05) is 14.2 Å². The summed E-state index contributed by atoms with van der Waals surface area (Å²) in [4.78, 5) is 0. The van der Waals surface area contributed by atoms with Crippen LogP contribution in [-0.2, 0) is 8.85 Å². The third-order valence-corrected chi connectivity index (χ3v) is 10.7. The Morgan fingerprint density at radius 3 is 1.70 bits per heavy atom. The lowest BCUT2D eigenvalue weighted by Crippen LogP contribution is -2.50. The molecule has 4 bridgehead atoms. The monoisotopic (exact) mass is 460 g/mol. The van der Waals surface area contributed by atoms with Crippen LogP contribution in [0.5, 0.6) is 0 Å². The number of rotatable bonds is 4. The first-order chi connectivity index (χ1) is 13.6. The molecule has 7 unspecified atom stereocenters. The molecule has 0 N–H and O–H groups in total. The molecule has 4 rings (SSSR count). The summed E-state index contributed by atoms with van der Waals surface area (Å²) in [6.07, 6.45) is -6.26. The van der Waals surface area contributed by atoms with Crippen molar-refractivity contribution in [3.05, 3.63) is 0 Å². The van der Waals surface area contributed by atoms with Gasteiger partial charge < -0.3 is 8.85 Å². The Kier molecular flexibility index (Phi) is 6.45. The SMILES string of the molecule is CC(CC1CC2CC1C1C3CCC(C3)C21)(C(F)(F)F)C(F)(F)F.CO[Si](C)(C)OC. The van der Waals surface area contributed by atoms with Crippen LogP contribution in [0, 0.1) is 46.8 Å². The Labute approximate surface area is 176 Å². The third kappa shape index (κ3) is 4.07. The lowest BCUT2D eigenvalue weighted by Gasteiger charge is -2.42. The van der Waals surface area contributed by atoms with Gasteiger partial charge in [-0.25, -0.2) is 0 Å². The maximum atomic E-state index is 13.2. The van der Waals surface area contributed by atoms with E-state index in [0.717, 1.165) is 12.8 Å². The molecule has 0 aliphatic heterocycles. The molecule has 4 aliphatic rings. The molecule has 4 saturated carbocycles. The van der Waals surface area contributed by atoms with Gasteiger partial charge in [0.25, 0.3) is 0 Å². The van der Waals surface area contributed by atoms with Crippen LogP contribution in [0.2, 0.25) is 13.1 Å². The Morgan fingerprint density at radius 2 is 1.27 bits per heavy atom. The van der Waals surface area contributed by atoms with Crippen LogP contribution >= 0.6 is 0 Å². The van der Waals surface area contributed by atoms with Gasteiger partial charge in [-0.2, -0.15) is 26.3 Å².